The van der Waals surface area contributed by atoms with Crippen LogP contribution in [0.4, 0.5) is 10.1 Å². The van der Waals surface area contributed by atoms with Crippen molar-refractivity contribution < 1.29 is 27.1 Å². The van der Waals surface area contributed by atoms with Gasteiger partial charge in [0, 0.05) is 19.7 Å². The average molecular weight is 516 g/mol. The largest absolute Gasteiger partial charge is 0.493 e. The third-order valence-electron chi connectivity index (χ3n) is 5.66. The van der Waals surface area contributed by atoms with Crippen LogP contribution in [-0.2, 0) is 16.8 Å². The van der Waals surface area contributed by atoms with Gasteiger partial charge in [0.25, 0.3) is 5.91 Å². The predicted molar refractivity (Wildman–Crippen MR) is 137 cm³/mol. The van der Waals surface area contributed by atoms with Crippen LogP contribution in [0.2, 0.25) is 0 Å². The average Bonchev–Trinajstić information content (AvgIpc) is 2.87. The molecule has 0 bridgehead atoms. The summed E-state index contributed by atoms with van der Waals surface area (Å²) in [6, 6.07) is 17.3. The van der Waals surface area contributed by atoms with Crippen LogP contribution in [0.15, 0.2) is 66.7 Å². The lowest BCUT2D eigenvalue weighted by Crippen LogP contribution is -2.40. The molecule has 3 aromatic carbocycles. The van der Waals surface area contributed by atoms with E-state index >= 15 is 0 Å². The molecule has 36 heavy (non-hydrogen) atoms. The quantitative estimate of drug-likeness (QED) is 0.438. The summed E-state index contributed by atoms with van der Waals surface area (Å²) in [6.07, 6.45) is 0. The maximum Gasteiger partial charge on any atom is 0.303 e. The summed E-state index contributed by atoms with van der Waals surface area (Å²) < 4.78 is 52.9. The van der Waals surface area contributed by atoms with Crippen LogP contribution in [0.1, 0.15) is 34.5 Å². The van der Waals surface area contributed by atoms with Gasteiger partial charge in [-0.1, -0.05) is 30.3 Å². The highest BCUT2D eigenvalue weighted by atomic mass is 32.2. The van der Waals surface area contributed by atoms with Gasteiger partial charge >= 0.3 is 10.2 Å². The normalized spacial score (nSPS) is 12.2. The molecule has 0 spiro atoms. The molecule has 0 aliphatic rings. The summed E-state index contributed by atoms with van der Waals surface area (Å²) in [5.74, 6) is 0.211. The number of methoxy groups -OCH3 is 2. The molecule has 0 radical (unpaired) electrons. The van der Waals surface area contributed by atoms with Gasteiger partial charge in [-0.15, -0.1) is 0 Å². The number of hydrogen-bond donors (Lipinski definition) is 1. The van der Waals surface area contributed by atoms with Crippen molar-refractivity contribution in [3.63, 3.8) is 0 Å². The van der Waals surface area contributed by atoms with E-state index in [2.05, 4.69) is 5.32 Å². The second-order valence-corrected chi connectivity index (χ2v) is 10.3. The number of nitrogens with zero attached hydrogens (tertiary/aromatic N) is 2. The Morgan fingerprint density at radius 3 is 2.19 bits per heavy atom. The Hall–Kier alpha value is -3.63. The van der Waals surface area contributed by atoms with Crippen LogP contribution in [0.5, 0.6) is 11.5 Å². The van der Waals surface area contributed by atoms with Crippen molar-refractivity contribution in [1.82, 2.24) is 9.62 Å². The number of rotatable bonds is 10. The van der Waals surface area contributed by atoms with Crippen LogP contribution >= 0.6 is 0 Å². The summed E-state index contributed by atoms with van der Waals surface area (Å²) in [4.78, 5) is 12.8. The van der Waals surface area contributed by atoms with E-state index in [-0.39, 0.29) is 24.2 Å². The Balaban J connectivity index is 1.77. The zero-order valence-corrected chi connectivity index (χ0v) is 21.7. The molecular weight excluding hydrogens is 485 g/mol. The third kappa shape index (κ3) is 5.95. The fourth-order valence-corrected chi connectivity index (χ4v) is 4.66. The summed E-state index contributed by atoms with van der Waals surface area (Å²) in [7, 11) is 1.90. The minimum Gasteiger partial charge on any atom is -0.493 e. The maximum absolute atomic E-state index is 14.5. The maximum atomic E-state index is 14.5. The molecule has 192 valence electrons. The van der Waals surface area contributed by atoms with Gasteiger partial charge in [-0.05, 0) is 54.4 Å². The highest BCUT2D eigenvalue weighted by Gasteiger charge is 2.27. The molecule has 0 saturated carbocycles. The zero-order valence-electron chi connectivity index (χ0n) is 20.9. The van der Waals surface area contributed by atoms with E-state index < -0.39 is 16.0 Å². The zero-order chi connectivity index (χ0) is 26.5. The molecule has 0 heterocycles. The van der Waals surface area contributed by atoms with Crippen molar-refractivity contribution in [2.24, 2.45) is 0 Å². The highest BCUT2D eigenvalue weighted by Crippen LogP contribution is 2.30. The van der Waals surface area contributed by atoms with Crippen LogP contribution in [0, 0.1) is 5.82 Å². The van der Waals surface area contributed by atoms with Crippen molar-refractivity contribution in [3.8, 4) is 11.5 Å². The lowest BCUT2D eigenvalue weighted by Gasteiger charge is -2.27. The fourth-order valence-electron chi connectivity index (χ4n) is 3.55. The Morgan fingerprint density at radius 2 is 1.61 bits per heavy atom. The van der Waals surface area contributed by atoms with E-state index in [1.807, 2.05) is 13.0 Å². The first-order valence-electron chi connectivity index (χ1n) is 11.1. The van der Waals surface area contributed by atoms with Crippen molar-refractivity contribution in [2.45, 2.75) is 19.5 Å². The number of carbonyl (C=O) groups is 1. The van der Waals surface area contributed by atoms with Crippen molar-refractivity contribution in [3.05, 3.63) is 89.2 Å². The topological polar surface area (TPSA) is 88.2 Å². The van der Waals surface area contributed by atoms with Crippen molar-refractivity contribution in [1.29, 1.82) is 0 Å². The second kappa shape index (κ2) is 11.4. The summed E-state index contributed by atoms with van der Waals surface area (Å²) in [5.41, 5.74) is 1.77. The van der Waals surface area contributed by atoms with E-state index in [1.54, 1.807) is 56.7 Å². The fraction of sp³-hybridized carbons (Fsp3) is 0.269. The summed E-state index contributed by atoms with van der Waals surface area (Å²) in [5, 5.41) is 2.94. The first kappa shape index (κ1) is 27.0. The minimum absolute atomic E-state index is 0.0586. The molecule has 1 amide bonds. The summed E-state index contributed by atoms with van der Waals surface area (Å²) in [6.45, 7) is 1.75. The number of para-hydroxylation sites is 1. The number of benzene rings is 3. The lowest BCUT2D eigenvalue weighted by atomic mass is 10.1. The highest BCUT2D eigenvalue weighted by molar-refractivity contribution is 7.90. The van der Waals surface area contributed by atoms with E-state index in [1.165, 1.54) is 32.3 Å². The molecule has 3 rings (SSSR count). The molecule has 1 atom stereocenters. The van der Waals surface area contributed by atoms with Gasteiger partial charge in [0.15, 0.2) is 11.5 Å². The van der Waals surface area contributed by atoms with E-state index in [0.29, 0.717) is 22.6 Å². The molecule has 3 aromatic rings. The van der Waals surface area contributed by atoms with Gasteiger partial charge in [0.2, 0.25) is 0 Å². The van der Waals surface area contributed by atoms with Crippen LogP contribution in [0.3, 0.4) is 0 Å². The molecule has 10 heteroatoms. The number of nitrogens with one attached hydrogen (secondary N) is 1. The van der Waals surface area contributed by atoms with Crippen LogP contribution < -0.4 is 19.1 Å². The first-order valence-corrected chi connectivity index (χ1v) is 12.5. The van der Waals surface area contributed by atoms with E-state index in [9.17, 15) is 17.6 Å². The number of ether oxygens (including phenoxy) is 2. The van der Waals surface area contributed by atoms with Crippen molar-refractivity contribution in [2.75, 3.05) is 32.6 Å². The SMILES string of the molecule is COc1ccc(C(C)NC(=O)c2ccc(CN(c3ccccc3F)S(=O)(=O)N(C)C)cc2)cc1OC. The van der Waals surface area contributed by atoms with Crippen LogP contribution in [0.25, 0.3) is 0 Å². The molecule has 0 aliphatic heterocycles. The number of anilines is 1. The number of halogens is 1. The Bertz CT molecular complexity index is 1310. The number of amides is 1. The molecule has 0 aromatic heterocycles. The molecule has 0 aliphatic carbocycles. The van der Waals surface area contributed by atoms with Gasteiger partial charge in [0.05, 0.1) is 32.5 Å². The molecule has 0 fully saturated rings. The Morgan fingerprint density at radius 1 is 0.972 bits per heavy atom. The van der Waals surface area contributed by atoms with Crippen molar-refractivity contribution >= 4 is 21.8 Å². The number of hydrogen-bond acceptors (Lipinski definition) is 5. The number of carbonyl (C=O) groups excluding carboxylic acids is 1. The monoisotopic (exact) mass is 515 g/mol. The van der Waals surface area contributed by atoms with Gasteiger partial charge in [-0.2, -0.15) is 12.7 Å². The van der Waals surface area contributed by atoms with E-state index in [4.69, 9.17) is 9.47 Å². The van der Waals surface area contributed by atoms with E-state index in [0.717, 1.165) is 14.2 Å². The lowest BCUT2D eigenvalue weighted by molar-refractivity contribution is 0.0939. The van der Waals surface area contributed by atoms with Gasteiger partial charge in [-0.25, -0.2) is 4.39 Å². The standard InChI is InChI=1S/C26H30FN3O5S/c1-18(21-14-15-24(34-4)25(16-21)35-5)28-26(31)20-12-10-19(11-13-20)17-30(36(32,33)29(2)3)23-9-7-6-8-22(23)27/h6-16,18H,17H2,1-5H3,(H,28,31). The molecule has 1 unspecified atom stereocenters. The third-order valence-corrected chi connectivity index (χ3v) is 7.46. The first-order chi connectivity index (χ1) is 17.1. The van der Waals surface area contributed by atoms with Gasteiger partial charge in [0.1, 0.15) is 5.82 Å². The molecular formula is C26H30FN3O5S. The van der Waals surface area contributed by atoms with Crippen LogP contribution in [-0.4, -0.2) is 46.9 Å². The van der Waals surface area contributed by atoms with Gasteiger partial charge in [-0.3, -0.25) is 9.10 Å². The molecule has 1 N–H and O–H groups in total. The smallest absolute Gasteiger partial charge is 0.303 e. The molecule has 0 saturated heterocycles. The summed E-state index contributed by atoms with van der Waals surface area (Å²) >= 11 is 0. The predicted octanol–water partition coefficient (Wildman–Crippen LogP) is 4.15. The Kier molecular flexibility index (Phi) is 8.54. The minimum atomic E-state index is -3.97. The second-order valence-electron chi connectivity index (χ2n) is 8.25. The molecule has 8 nitrogen and oxygen atoms in total. The van der Waals surface area contributed by atoms with Gasteiger partial charge < -0.3 is 14.8 Å². The Labute approximate surface area is 211 Å².